The molecular weight excluding hydrogens is 544 g/mol. The highest BCUT2D eigenvalue weighted by atomic mass is 79.9. The topological polar surface area (TPSA) is 99.6 Å². The van der Waals surface area contributed by atoms with Crippen LogP contribution in [0.2, 0.25) is 0 Å². The van der Waals surface area contributed by atoms with Gasteiger partial charge in [-0.05, 0) is 53.0 Å². The van der Waals surface area contributed by atoms with Gasteiger partial charge in [0.1, 0.15) is 5.82 Å². The molecule has 0 spiro atoms. The van der Waals surface area contributed by atoms with E-state index in [9.17, 15) is 14.9 Å². The first-order valence-corrected chi connectivity index (χ1v) is 11.8. The third-order valence-corrected chi connectivity index (χ3v) is 6.66. The average Bonchev–Trinajstić information content (AvgIpc) is 2.78. The normalized spacial score (nSPS) is 14.8. The van der Waals surface area contributed by atoms with Crippen LogP contribution in [0.3, 0.4) is 0 Å². The number of benzene rings is 2. The van der Waals surface area contributed by atoms with Gasteiger partial charge in [-0.1, -0.05) is 35.2 Å². The predicted molar refractivity (Wildman–Crippen MR) is 130 cm³/mol. The van der Waals surface area contributed by atoms with Gasteiger partial charge in [0.2, 0.25) is 5.75 Å². The van der Waals surface area contributed by atoms with Crippen LogP contribution in [0.1, 0.15) is 49.4 Å². The number of nitro groups is 1. The van der Waals surface area contributed by atoms with E-state index in [1.54, 1.807) is 12.1 Å². The first-order valence-electron chi connectivity index (χ1n) is 10.2. The summed E-state index contributed by atoms with van der Waals surface area (Å²) in [4.78, 5) is 29.1. The van der Waals surface area contributed by atoms with Gasteiger partial charge >= 0.3 is 5.69 Å². The molecule has 1 fully saturated rings. The molecule has 0 atom stereocenters. The van der Waals surface area contributed by atoms with Gasteiger partial charge in [-0.15, -0.1) is 0 Å². The predicted octanol–water partition coefficient (Wildman–Crippen LogP) is 5.77. The molecule has 1 saturated carbocycles. The second-order valence-corrected chi connectivity index (χ2v) is 9.41. The van der Waals surface area contributed by atoms with Gasteiger partial charge in [-0.25, -0.2) is 4.98 Å². The van der Waals surface area contributed by atoms with Crippen LogP contribution >= 0.6 is 31.9 Å². The van der Waals surface area contributed by atoms with Crippen molar-refractivity contribution in [1.82, 2.24) is 9.66 Å². The zero-order valence-electron chi connectivity index (χ0n) is 17.3. The molecule has 0 amide bonds. The number of aromatic nitrogens is 2. The number of ether oxygens (including phenoxy) is 1. The molecule has 3 aromatic rings. The van der Waals surface area contributed by atoms with E-state index in [0.717, 1.165) is 30.2 Å². The molecular formula is C22H20Br2N4O4. The van der Waals surface area contributed by atoms with Crippen molar-refractivity contribution in [2.24, 2.45) is 5.10 Å². The van der Waals surface area contributed by atoms with Crippen LogP contribution in [0.15, 0.2) is 49.2 Å². The summed E-state index contributed by atoms with van der Waals surface area (Å²) in [6.07, 6.45) is 6.68. The minimum absolute atomic E-state index is 0.129. The zero-order valence-corrected chi connectivity index (χ0v) is 20.4. The van der Waals surface area contributed by atoms with Gasteiger partial charge < -0.3 is 4.74 Å². The van der Waals surface area contributed by atoms with Crippen molar-refractivity contribution in [3.63, 3.8) is 0 Å². The van der Waals surface area contributed by atoms with Gasteiger partial charge in [0.05, 0.1) is 33.6 Å². The van der Waals surface area contributed by atoms with Gasteiger partial charge in [0.15, 0.2) is 0 Å². The van der Waals surface area contributed by atoms with Crippen LogP contribution in [0.25, 0.3) is 10.9 Å². The molecule has 0 N–H and O–H groups in total. The van der Waals surface area contributed by atoms with Crippen molar-refractivity contribution >= 4 is 54.7 Å². The van der Waals surface area contributed by atoms with Gasteiger partial charge in [-0.3, -0.25) is 14.9 Å². The minimum atomic E-state index is -0.518. The Kier molecular flexibility index (Phi) is 6.71. The summed E-state index contributed by atoms with van der Waals surface area (Å²) in [6, 6.07) is 8.44. The summed E-state index contributed by atoms with van der Waals surface area (Å²) in [7, 11) is 1.37. The van der Waals surface area contributed by atoms with Crippen LogP contribution in [0.5, 0.6) is 5.75 Å². The Morgan fingerprint density at radius 3 is 2.66 bits per heavy atom. The highest BCUT2D eigenvalue weighted by Crippen LogP contribution is 2.36. The maximum absolute atomic E-state index is 13.4. The van der Waals surface area contributed by atoms with Crippen molar-refractivity contribution in [3.05, 3.63) is 71.1 Å². The molecule has 1 heterocycles. The number of nitrogens with zero attached hydrogens (tertiary/aromatic N) is 4. The lowest BCUT2D eigenvalue weighted by Crippen LogP contribution is -2.25. The summed E-state index contributed by atoms with van der Waals surface area (Å²) < 4.78 is 7.68. The van der Waals surface area contributed by atoms with Gasteiger partial charge in [0, 0.05) is 22.0 Å². The molecule has 8 nitrogen and oxygen atoms in total. The van der Waals surface area contributed by atoms with Gasteiger partial charge in [-0.2, -0.15) is 9.78 Å². The lowest BCUT2D eigenvalue weighted by atomic mass is 9.88. The highest BCUT2D eigenvalue weighted by molar-refractivity contribution is 9.10. The Morgan fingerprint density at radius 2 is 1.97 bits per heavy atom. The largest absolute Gasteiger partial charge is 0.489 e. The summed E-state index contributed by atoms with van der Waals surface area (Å²) in [5.41, 5.74) is 0.632. The Morgan fingerprint density at radius 1 is 1.22 bits per heavy atom. The van der Waals surface area contributed by atoms with Crippen molar-refractivity contribution < 1.29 is 9.66 Å². The van der Waals surface area contributed by atoms with Crippen molar-refractivity contribution in [2.45, 2.75) is 38.0 Å². The van der Waals surface area contributed by atoms with Crippen LogP contribution in [0.4, 0.5) is 5.69 Å². The molecule has 0 aliphatic heterocycles. The number of fused-ring (bicyclic) bond motifs is 1. The molecule has 1 aromatic heterocycles. The maximum atomic E-state index is 13.4. The Balaban J connectivity index is 1.86. The fourth-order valence-electron chi connectivity index (χ4n) is 4.04. The lowest BCUT2D eigenvalue weighted by molar-refractivity contribution is -0.385. The molecule has 32 heavy (non-hydrogen) atoms. The Bertz CT molecular complexity index is 1280. The maximum Gasteiger partial charge on any atom is 0.312 e. The van der Waals surface area contributed by atoms with Crippen molar-refractivity contribution in [1.29, 1.82) is 0 Å². The molecule has 2 aromatic carbocycles. The van der Waals surface area contributed by atoms with E-state index >= 15 is 0 Å². The minimum Gasteiger partial charge on any atom is -0.489 e. The van der Waals surface area contributed by atoms with Crippen molar-refractivity contribution in [3.8, 4) is 5.75 Å². The number of nitro benzene ring substituents is 1. The van der Waals surface area contributed by atoms with E-state index in [1.165, 1.54) is 30.5 Å². The fraction of sp³-hybridized carbons (Fsp3) is 0.318. The van der Waals surface area contributed by atoms with E-state index < -0.39 is 4.92 Å². The molecule has 4 rings (SSSR count). The zero-order chi connectivity index (χ0) is 22.8. The molecule has 0 saturated heterocycles. The smallest absolute Gasteiger partial charge is 0.312 e. The standard InChI is InChI=1S/C22H20Br2N4O4/c1-32-20-17(24)9-13(10-19(20)28(30)31)12-25-27-21(14-5-3-2-4-6-14)26-18-8-7-15(23)11-16(18)22(27)29/h7-12,14H,2-6H2,1H3. The van der Waals surface area contributed by atoms with Crippen molar-refractivity contribution in [2.75, 3.05) is 7.11 Å². The molecule has 0 radical (unpaired) electrons. The summed E-state index contributed by atoms with van der Waals surface area (Å²) in [5, 5.41) is 16.3. The fourth-order valence-corrected chi connectivity index (χ4v) is 5.03. The number of hydrogen-bond donors (Lipinski definition) is 0. The third kappa shape index (κ3) is 4.47. The molecule has 1 aliphatic rings. The summed E-state index contributed by atoms with van der Waals surface area (Å²) >= 11 is 6.72. The summed E-state index contributed by atoms with van der Waals surface area (Å²) in [5.74, 6) is 0.894. The molecule has 10 heteroatoms. The lowest BCUT2D eigenvalue weighted by Gasteiger charge is -2.22. The van der Waals surface area contributed by atoms with E-state index in [-0.39, 0.29) is 22.9 Å². The SMILES string of the molecule is COc1c(Br)cc(C=Nn2c(C3CCCCC3)nc3ccc(Br)cc3c2=O)cc1[N+](=O)[O-]. The second-order valence-electron chi connectivity index (χ2n) is 7.64. The van der Waals surface area contributed by atoms with Crippen LogP contribution in [-0.4, -0.2) is 27.9 Å². The molecule has 0 bridgehead atoms. The van der Waals surface area contributed by atoms with Gasteiger partial charge in [0.25, 0.3) is 5.56 Å². The Labute approximate surface area is 200 Å². The van der Waals surface area contributed by atoms with E-state index in [0.29, 0.717) is 26.8 Å². The monoisotopic (exact) mass is 562 g/mol. The van der Waals surface area contributed by atoms with Crippen LogP contribution < -0.4 is 10.3 Å². The second kappa shape index (κ2) is 9.50. The molecule has 166 valence electrons. The first kappa shape index (κ1) is 22.6. The first-order chi connectivity index (χ1) is 15.4. The molecule has 0 unspecified atom stereocenters. The van der Waals surface area contributed by atoms with E-state index in [1.807, 2.05) is 12.1 Å². The quantitative estimate of drug-likeness (QED) is 0.223. The van der Waals surface area contributed by atoms with Crippen LogP contribution in [-0.2, 0) is 0 Å². The summed E-state index contributed by atoms with van der Waals surface area (Å²) in [6.45, 7) is 0. The molecule has 1 aliphatic carbocycles. The average molecular weight is 564 g/mol. The van der Waals surface area contributed by atoms with Crippen LogP contribution in [0, 0.1) is 10.1 Å². The number of methoxy groups -OCH3 is 1. The number of hydrogen-bond acceptors (Lipinski definition) is 6. The highest BCUT2D eigenvalue weighted by Gasteiger charge is 2.23. The number of halogens is 2. The van der Waals surface area contributed by atoms with E-state index in [2.05, 4.69) is 37.0 Å². The van der Waals surface area contributed by atoms with E-state index in [4.69, 9.17) is 9.72 Å². The Hall–Kier alpha value is -2.59. The number of rotatable bonds is 5. The third-order valence-electron chi connectivity index (χ3n) is 5.57.